The van der Waals surface area contributed by atoms with Gasteiger partial charge < -0.3 is 10.6 Å². The molecule has 2 rings (SSSR count). The zero-order valence-corrected chi connectivity index (χ0v) is 11.1. The Bertz CT molecular complexity index is 350. The van der Waals surface area contributed by atoms with E-state index in [0.29, 0.717) is 12.6 Å². The summed E-state index contributed by atoms with van der Waals surface area (Å²) in [6.07, 6.45) is 3.24. The van der Waals surface area contributed by atoms with E-state index in [4.69, 9.17) is 5.73 Å². The molecule has 2 N–H and O–H groups in total. The molecule has 0 radical (unpaired) electrons. The second kappa shape index (κ2) is 4.72. The van der Waals surface area contributed by atoms with Gasteiger partial charge in [-0.05, 0) is 25.2 Å². The maximum Gasteiger partial charge on any atom is 0.185 e. The van der Waals surface area contributed by atoms with E-state index < -0.39 is 0 Å². The van der Waals surface area contributed by atoms with Gasteiger partial charge in [0, 0.05) is 30.2 Å². The van der Waals surface area contributed by atoms with E-state index >= 15 is 0 Å². The summed E-state index contributed by atoms with van der Waals surface area (Å²) < 4.78 is 0. The topological polar surface area (TPSA) is 42.2 Å². The lowest BCUT2D eigenvalue weighted by Gasteiger charge is -2.41. The lowest BCUT2D eigenvalue weighted by molar-refractivity contribution is 0.297. The number of rotatable bonds is 2. The van der Waals surface area contributed by atoms with Gasteiger partial charge in [-0.15, -0.1) is 11.3 Å². The Kier molecular flexibility index (Phi) is 3.50. The average molecular weight is 239 g/mol. The van der Waals surface area contributed by atoms with E-state index in [2.05, 4.69) is 30.7 Å². The van der Waals surface area contributed by atoms with Crippen LogP contribution in [0.5, 0.6) is 0 Å². The van der Waals surface area contributed by atoms with E-state index in [1.54, 1.807) is 11.3 Å². The van der Waals surface area contributed by atoms with Crippen LogP contribution in [0.4, 0.5) is 5.13 Å². The standard InChI is InChI=1S/C12H21N3S/c1-8-4-9(2)10(3)15(7-8)12-14-6-11(5-13)16-12/h6,8-10H,4-5,7,13H2,1-3H3. The third kappa shape index (κ3) is 2.23. The number of hydrogen-bond acceptors (Lipinski definition) is 4. The molecule has 1 saturated heterocycles. The van der Waals surface area contributed by atoms with Crippen LogP contribution in [0.2, 0.25) is 0 Å². The van der Waals surface area contributed by atoms with Gasteiger partial charge >= 0.3 is 0 Å². The van der Waals surface area contributed by atoms with Crippen LogP contribution in [0, 0.1) is 11.8 Å². The molecule has 3 atom stereocenters. The first-order chi connectivity index (χ1) is 7.61. The molecule has 0 aliphatic carbocycles. The zero-order valence-electron chi connectivity index (χ0n) is 10.3. The van der Waals surface area contributed by atoms with Crippen molar-refractivity contribution in [3.63, 3.8) is 0 Å². The first-order valence-corrected chi connectivity index (χ1v) is 6.85. The second-order valence-corrected chi connectivity index (χ2v) is 6.12. The van der Waals surface area contributed by atoms with Crippen LogP contribution in [-0.4, -0.2) is 17.6 Å². The first-order valence-electron chi connectivity index (χ1n) is 6.03. The van der Waals surface area contributed by atoms with Crippen LogP contribution < -0.4 is 10.6 Å². The smallest absolute Gasteiger partial charge is 0.185 e. The summed E-state index contributed by atoms with van der Waals surface area (Å²) in [7, 11) is 0. The molecule has 4 heteroatoms. The molecular formula is C12H21N3S. The molecule has 16 heavy (non-hydrogen) atoms. The van der Waals surface area contributed by atoms with Gasteiger partial charge in [-0.1, -0.05) is 13.8 Å². The molecule has 0 aromatic carbocycles. The molecule has 0 spiro atoms. The highest BCUT2D eigenvalue weighted by Gasteiger charge is 2.30. The highest BCUT2D eigenvalue weighted by atomic mass is 32.1. The predicted molar refractivity (Wildman–Crippen MR) is 69.8 cm³/mol. The van der Waals surface area contributed by atoms with Gasteiger partial charge in [0.25, 0.3) is 0 Å². The fraction of sp³-hybridized carbons (Fsp3) is 0.750. The highest BCUT2D eigenvalue weighted by Crippen LogP contribution is 2.33. The van der Waals surface area contributed by atoms with Crippen molar-refractivity contribution >= 4 is 16.5 Å². The largest absolute Gasteiger partial charge is 0.345 e. The van der Waals surface area contributed by atoms with Crippen LogP contribution in [-0.2, 0) is 6.54 Å². The van der Waals surface area contributed by atoms with Crippen molar-refractivity contribution < 1.29 is 0 Å². The van der Waals surface area contributed by atoms with Gasteiger partial charge in [-0.25, -0.2) is 4.98 Å². The van der Waals surface area contributed by atoms with Crippen molar-refractivity contribution in [3.05, 3.63) is 11.1 Å². The molecule has 1 aliphatic heterocycles. The third-order valence-corrected chi connectivity index (χ3v) is 4.64. The summed E-state index contributed by atoms with van der Waals surface area (Å²) in [6.45, 7) is 8.70. The van der Waals surface area contributed by atoms with Gasteiger partial charge in [0.1, 0.15) is 0 Å². The summed E-state index contributed by atoms with van der Waals surface area (Å²) in [6, 6.07) is 0.591. The number of anilines is 1. The van der Waals surface area contributed by atoms with Crippen LogP contribution in [0.3, 0.4) is 0 Å². The minimum Gasteiger partial charge on any atom is -0.345 e. The molecule has 1 aliphatic rings. The predicted octanol–water partition coefficient (Wildman–Crippen LogP) is 2.47. The number of nitrogens with two attached hydrogens (primary N) is 1. The molecular weight excluding hydrogens is 218 g/mol. The highest BCUT2D eigenvalue weighted by molar-refractivity contribution is 7.15. The number of aromatic nitrogens is 1. The van der Waals surface area contributed by atoms with Gasteiger partial charge in [0.15, 0.2) is 5.13 Å². The lowest BCUT2D eigenvalue weighted by atomic mass is 9.86. The Labute approximate surface area is 102 Å². The fourth-order valence-electron chi connectivity index (χ4n) is 2.49. The third-order valence-electron chi connectivity index (χ3n) is 3.59. The average Bonchev–Trinajstić information content (AvgIpc) is 2.71. The van der Waals surface area contributed by atoms with Gasteiger partial charge in [-0.2, -0.15) is 0 Å². The summed E-state index contributed by atoms with van der Waals surface area (Å²) in [5.41, 5.74) is 5.63. The van der Waals surface area contributed by atoms with Crippen molar-refractivity contribution in [2.75, 3.05) is 11.4 Å². The minimum absolute atomic E-state index is 0.591. The minimum atomic E-state index is 0.591. The summed E-state index contributed by atoms with van der Waals surface area (Å²) in [4.78, 5) is 8.12. The molecule has 2 heterocycles. The van der Waals surface area contributed by atoms with Crippen molar-refractivity contribution in [1.29, 1.82) is 0 Å². The van der Waals surface area contributed by atoms with Crippen molar-refractivity contribution in [1.82, 2.24) is 4.98 Å². The Morgan fingerprint density at radius 3 is 2.88 bits per heavy atom. The van der Waals surface area contributed by atoms with E-state index in [-0.39, 0.29) is 0 Å². The molecule has 0 bridgehead atoms. The quantitative estimate of drug-likeness (QED) is 0.862. The molecule has 0 amide bonds. The molecule has 0 saturated carbocycles. The van der Waals surface area contributed by atoms with Crippen molar-refractivity contribution in [3.8, 4) is 0 Å². The Balaban J connectivity index is 2.18. The van der Waals surface area contributed by atoms with Gasteiger partial charge in [0.2, 0.25) is 0 Å². The summed E-state index contributed by atoms with van der Waals surface area (Å²) >= 11 is 1.74. The van der Waals surface area contributed by atoms with E-state index in [9.17, 15) is 0 Å². The molecule has 1 aromatic heterocycles. The Morgan fingerprint density at radius 2 is 2.25 bits per heavy atom. The molecule has 3 nitrogen and oxygen atoms in total. The zero-order chi connectivity index (χ0) is 11.7. The van der Waals surface area contributed by atoms with Gasteiger partial charge in [-0.3, -0.25) is 0 Å². The second-order valence-electron chi connectivity index (χ2n) is 5.02. The Morgan fingerprint density at radius 1 is 1.50 bits per heavy atom. The SMILES string of the molecule is CC1CC(C)C(C)N(c2ncc(CN)s2)C1. The van der Waals surface area contributed by atoms with Crippen molar-refractivity contribution in [2.45, 2.75) is 39.8 Å². The summed E-state index contributed by atoms with van der Waals surface area (Å²) in [5, 5.41) is 1.14. The van der Waals surface area contributed by atoms with Crippen LogP contribution in [0.25, 0.3) is 0 Å². The molecule has 1 aromatic rings. The van der Waals surface area contributed by atoms with E-state index in [1.165, 1.54) is 11.3 Å². The fourth-order valence-corrected chi connectivity index (χ4v) is 3.38. The number of thiazole rings is 1. The van der Waals surface area contributed by atoms with E-state index in [0.717, 1.165) is 23.5 Å². The molecule has 3 unspecified atom stereocenters. The van der Waals surface area contributed by atoms with Crippen LogP contribution in [0.1, 0.15) is 32.1 Å². The maximum atomic E-state index is 5.63. The maximum absolute atomic E-state index is 5.63. The Hall–Kier alpha value is -0.610. The van der Waals surface area contributed by atoms with Crippen molar-refractivity contribution in [2.24, 2.45) is 17.6 Å². The molecule has 1 fully saturated rings. The summed E-state index contributed by atoms with van der Waals surface area (Å²) in [5.74, 6) is 1.51. The van der Waals surface area contributed by atoms with Gasteiger partial charge in [0.05, 0.1) is 0 Å². The number of piperidine rings is 1. The van der Waals surface area contributed by atoms with E-state index in [1.807, 2.05) is 6.20 Å². The number of nitrogens with zero attached hydrogens (tertiary/aromatic N) is 2. The lowest BCUT2D eigenvalue weighted by Crippen LogP contribution is -2.45. The number of hydrogen-bond donors (Lipinski definition) is 1. The van der Waals surface area contributed by atoms with Crippen LogP contribution in [0.15, 0.2) is 6.20 Å². The van der Waals surface area contributed by atoms with Crippen LogP contribution >= 0.6 is 11.3 Å². The normalized spacial score (nSPS) is 30.8. The monoisotopic (exact) mass is 239 g/mol. The first kappa shape index (κ1) is 11.9. The molecule has 90 valence electrons.